The van der Waals surface area contributed by atoms with Crippen LogP contribution in [0.5, 0.6) is 11.5 Å². The van der Waals surface area contributed by atoms with Crippen molar-refractivity contribution in [2.45, 2.75) is 25.9 Å². The molecule has 1 unspecified atom stereocenters. The maximum Gasteiger partial charge on any atom is 0.255 e. The summed E-state index contributed by atoms with van der Waals surface area (Å²) in [4.78, 5) is 30.1. The normalized spacial score (nSPS) is 18.7. The third-order valence-corrected chi connectivity index (χ3v) is 7.44. The van der Waals surface area contributed by atoms with Crippen LogP contribution in [-0.2, 0) is 4.74 Å². The highest BCUT2D eigenvalue weighted by molar-refractivity contribution is 6.33. The van der Waals surface area contributed by atoms with Gasteiger partial charge in [-0.1, -0.05) is 11.6 Å². The quantitative estimate of drug-likeness (QED) is 0.466. The monoisotopic (exact) mass is 544 g/mol. The number of nitrogens with zero attached hydrogens (tertiary/aromatic N) is 2. The molecule has 206 valence electrons. The molecule has 38 heavy (non-hydrogen) atoms. The standard InChI is InChI=1S/C28H37ClN4O5/c1-3-37-26-15-25(30)24(29)14-23(26)27(34)31-16-22-18-32(12-13-38-22)17-19-8-10-33(11-9-19)28(35)20-4-6-21(36-2)7-5-20/h4-7,14-15,19,22H,3,8-13,16-18,30H2,1-2H3,(H,31,34). The van der Waals surface area contributed by atoms with Gasteiger partial charge in [-0.15, -0.1) is 0 Å². The van der Waals surface area contributed by atoms with Crippen molar-refractivity contribution in [3.05, 3.63) is 52.5 Å². The largest absolute Gasteiger partial charge is 0.497 e. The molecule has 4 rings (SSSR count). The van der Waals surface area contributed by atoms with E-state index in [4.69, 9.17) is 31.5 Å². The van der Waals surface area contributed by atoms with Crippen LogP contribution in [0.25, 0.3) is 0 Å². The van der Waals surface area contributed by atoms with Crippen LogP contribution in [-0.4, -0.2) is 87.3 Å². The number of amides is 2. The summed E-state index contributed by atoms with van der Waals surface area (Å²) in [5.41, 5.74) is 7.29. The molecule has 0 bridgehead atoms. The zero-order chi connectivity index (χ0) is 27.1. The number of methoxy groups -OCH3 is 1. The minimum Gasteiger partial charge on any atom is -0.497 e. The molecule has 2 saturated heterocycles. The van der Waals surface area contributed by atoms with Gasteiger partial charge in [0.1, 0.15) is 11.5 Å². The van der Waals surface area contributed by atoms with Crippen LogP contribution < -0.4 is 20.5 Å². The van der Waals surface area contributed by atoms with Gasteiger partial charge < -0.3 is 30.2 Å². The minimum atomic E-state index is -0.273. The Hall–Kier alpha value is -3.01. The Labute approximate surface area is 229 Å². The molecule has 2 aliphatic rings. The van der Waals surface area contributed by atoms with E-state index in [9.17, 15) is 9.59 Å². The molecule has 2 aliphatic heterocycles. The lowest BCUT2D eigenvalue weighted by Crippen LogP contribution is -2.50. The van der Waals surface area contributed by atoms with Crippen LogP contribution in [0.3, 0.4) is 0 Å². The number of halogens is 1. The molecule has 10 heteroatoms. The number of piperidine rings is 1. The van der Waals surface area contributed by atoms with Crippen molar-refractivity contribution >= 4 is 29.1 Å². The molecule has 0 aromatic heterocycles. The van der Waals surface area contributed by atoms with Crippen molar-refractivity contribution in [2.75, 3.05) is 65.3 Å². The molecule has 2 fully saturated rings. The summed E-state index contributed by atoms with van der Waals surface area (Å²) in [6.45, 7) is 7.34. The lowest BCUT2D eigenvalue weighted by atomic mass is 9.95. The Bertz CT molecular complexity index is 1110. The number of ether oxygens (including phenoxy) is 3. The Morgan fingerprint density at radius 2 is 1.89 bits per heavy atom. The molecule has 0 radical (unpaired) electrons. The van der Waals surface area contributed by atoms with E-state index in [1.807, 2.05) is 36.1 Å². The summed E-state index contributed by atoms with van der Waals surface area (Å²) in [6.07, 6.45) is 1.83. The summed E-state index contributed by atoms with van der Waals surface area (Å²) in [6, 6.07) is 10.4. The predicted molar refractivity (Wildman–Crippen MR) is 147 cm³/mol. The molecule has 2 aromatic carbocycles. The number of morpholine rings is 1. The van der Waals surface area contributed by atoms with Crippen molar-refractivity contribution < 1.29 is 23.8 Å². The molecule has 9 nitrogen and oxygen atoms in total. The van der Waals surface area contributed by atoms with Gasteiger partial charge in [0.25, 0.3) is 11.8 Å². The molecule has 0 aliphatic carbocycles. The van der Waals surface area contributed by atoms with E-state index in [0.717, 1.165) is 51.3 Å². The molecular formula is C28H37ClN4O5. The van der Waals surface area contributed by atoms with Crippen LogP contribution in [0.15, 0.2) is 36.4 Å². The second-order valence-electron chi connectivity index (χ2n) is 9.73. The van der Waals surface area contributed by atoms with Crippen LogP contribution in [0.2, 0.25) is 5.02 Å². The van der Waals surface area contributed by atoms with E-state index in [-0.39, 0.29) is 17.9 Å². The first-order valence-electron chi connectivity index (χ1n) is 13.1. The number of benzene rings is 2. The number of carbonyl (C=O) groups excluding carboxylic acids is 2. The SMILES string of the molecule is CCOc1cc(N)c(Cl)cc1C(=O)NCC1CN(CC2CCN(C(=O)c3ccc(OC)cc3)CC2)CCO1. The first-order valence-corrected chi connectivity index (χ1v) is 13.5. The second-order valence-corrected chi connectivity index (χ2v) is 10.1. The van der Waals surface area contributed by atoms with E-state index >= 15 is 0 Å². The van der Waals surface area contributed by atoms with Gasteiger partial charge in [-0.3, -0.25) is 14.5 Å². The van der Waals surface area contributed by atoms with Gasteiger partial charge in [0.15, 0.2) is 0 Å². The van der Waals surface area contributed by atoms with Crippen molar-refractivity contribution in [1.29, 1.82) is 0 Å². The molecule has 2 heterocycles. The van der Waals surface area contributed by atoms with Gasteiger partial charge in [-0.2, -0.15) is 0 Å². The first-order chi connectivity index (χ1) is 18.4. The third kappa shape index (κ3) is 7.09. The zero-order valence-electron chi connectivity index (χ0n) is 22.1. The number of nitrogens with two attached hydrogens (primary N) is 1. The van der Waals surface area contributed by atoms with E-state index in [1.54, 1.807) is 13.2 Å². The lowest BCUT2D eigenvalue weighted by Gasteiger charge is -2.38. The highest BCUT2D eigenvalue weighted by atomic mass is 35.5. The third-order valence-electron chi connectivity index (χ3n) is 7.11. The van der Waals surface area contributed by atoms with E-state index < -0.39 is 0 Å². The maximum absolute atomic E-state index is 12.9. The van der Waals surface area contributed by atoms with Gasteiger partial charge in [0.2, 0.25) is 0 Å². The zero-order valence-corrected chi connectivity index (χ0v) is 22.8. The minimum absolute atomic E-state index is 0.0724. The van der Waals surface area contributed by atoms with Crippen molar-refractivity contribution in [1.82, 2.24) is 15.1 Å². The predicted octanol–water partition coefficient (Wildman–Crippen LogP) is 3.31. The number of nitrogen functional groups attached to an aromatic ring is 1. The Morgan fingerprint density at radius 1 is 1.16 bits per heavy atom. The molecule has 1 atom stereocenters. The van der Waals surface area contributed by atoms with Crippen molar-refractivity contribution in [2.24, 2.45) is 5.92 Å². The molecule has 2 amide bonds. The summed E-state index contributed by atoms with van der Waals surface area (Å²) >= 11 is 6.14. The van der Waals surface area contributed by atoms with Gasteiger partial charge in [0, 0.05) is 50.9 Å². The molecule has 3 N–H and O–H groups in total. The topological polar surface area (TPSA) is 106 Å². The number of rotatable bonds is 9. The maximum atomic E-state index is 12.9. The molecule has 0 spiro atoms. The van der Waals surface area contributed by atoms with E-state index in [2.05, 4.69) is 10.2 Å². The Morgan fingerprint density at radius 3 is 2.58 bits per heavy atom. The average Bonchev–Trinajstić information content (AvgIpc) is 2.94. The van der Waals surface area contributed by atoms with E-state index in [0.29, 0.717) is 53.3 Å². The number of hydrogen-bond donors (Lipinski definition) is 2. The van der Waals surface area contributed by atoms with Crippen molar-refractivity contribution in [3.63, 3.8) is 0 Å². The summed E-state index contributed by atoms with van der Waals surface area (Å²) in [7, 11) is 1.62. The molecule has 0 saturated carbocycles. The fourth-order valence-corrected chi connectivity index (χ4v) is 5.16. The Balaban J connectivity index is 1.23. The number of carbonyl (C=O) groups is 2. The summed E-state index contributed by atoms with van der Waals surface area (Å²) in [5, 5.41) is 3.27. The number of hydrogen-bond acceptors (Lipinski definition) is 7. The fourth-order valence-electron chi connectivity index (χ4n) is 4.99. The number of anilines is 1. The van der Waals surface area contributed by atoms with Gasteiger partial charge >= 0.3 is 0 Å². The van der Waals surface area contributed by atoms with E-state index in [1.165, 1.54) is 6.07 Å². The van der Waals surface area contributed by atoms with Crippen LogP contribution in [0.4, 0.5) is 5.69 Å². The van der Waals surface area contributed by atoms with Crippen LogP contribution in [0, 0.1) is 5.92 Å². The highest BCUT2D eigenvalue weighted by Gasteiger charge is 2.28. The van der Waals surface area contributed by atoms with Crippen molar-refractivity contribution in [3.8, 4) is 11.5 Å². The summed E-state index contributed by atoms with van der Waals surface area (Å²) in [5.74, 6) is 1.48. The molecular weight excluding hydrogens is 508 g/mol. The summed E-state index contributed by atoms with van der Waals surface area (Å²) < 4.78 is 16.7. The smallest absolute Gasteiger partial charge is 0.255 e. The average molecular weight is 545 g/mol. The van der Waals surface area contributed by atoms with Gasteiger partial charge in [-0.25, -0.2) is 0 Å². The van der Waals surface area contributed by atoms with Gasteiger partial charge in [0.05, 0.1) is 42.7 Å². The lowest BCUT2D eigenvalue weighted by molar-refractivity contribution is -0.0332. The molecule has 2 aromatic rings. The fraction of sp³-hybridized carbons (Fsp3) is 0.500. The van der Waals surface area contributed by atoms with Crippen LogP contribution >= 0.6 is 11.6 Å². The Kier molecular flexibility index (Phi) is 9.71. The van der Waals surface area contributed by atoms with Gasteiger partial charge in [-0.05, 0) is 56.0 Å². The first kappa shape index (κ1) is 28.0. The highest BCUT2D eigenvalue weighted by Crippen LogP contribution is 2.29. The number of likely N-dealkylation sites (tertiary alicyclic amines) is 1. The number of nitrogens with one attached hydrogen (secondary N) is 1. The van der Waals surface area contributed by atoms with Crippen LogP contribution in [0.1, 0.15) is 40.5 Å². The second kappa shape index (κ2) is 13.2.